The molecule has 0 fully saturated rings. The first kappa shape index (κ1) is 22.6. The van der Waals surface area contributed by atoms with Gasteiger partial charge < -0.3 is 14.6 Å². The van der Waals surface area contributed by atoms with Crippen LogP contribution in [-0.2, 0) is 17.5 Å². The molecule has 0 unspecified atom stereocenters. The number of aromatic nitrogens is 3. The summed E-state index contributed by atoms with van der Waals surface area (Å²) in [7, 11) is -2.67. The van der Waals surface area contributed by atoms with Gasteiger partial charge in [0.05, 0.1) is 12.1 Å². The van der Waals surface area contributed by atoms with Crippen LogP contribution in [0.5, 0.6) is 5.75 Å². The molecule has 1 N–H and O–H groups in total. The summed E-state index contributed by atoms with van der Waals surface area (Å²) < 4.78 is 35.9. The molecule has 0 atom stereocenters. The van der Waals surface area contributed by atoms with Gasteiger partial charge in [0.25, 0.3) is 0 Å². The average molecular weight is 479 g/mol. The zero-order valence-corrected chi connectivity index (χ0v) is 20.5. The summed E-state index contributed by atoms with van der Waals surface area (Å²) in [6.07, 6.45) is 5.22. The molecular weight excluding hydrogens is 450 g/mol. The lowest BCUT2D eigenvalue weighted by atomic mass is 10.0. The molecule has 0 bridgehead atoms. The van der Waals surface area contributed by atoms with Gasteiger partial charge in [-0.25, -0.2) is 14.4 Å². The smallest absolute Gasteiger partial charge is 0.209 e. The molecule has 2 aromatic heterocycles. The summed E-state index contributed by atoms with van der Waals surface area (Å²) in [4.78, 5) is 9.29. The van der Waals surface area contributed by atoms with Crippen LogP contribution in [0, 0.1) is 12.7 Å². The molecule has 5 rings (SSSR count). The molecule has 1 aliphatic heterocycles. The van der Waals surface area contributed by atoms with Crippen LogP contribution in [0.25, 0.3) is 16.6 Å². The molecule has 34 heavy (non-hydrogen) atoms. The van der Waals surface area contributed by atoms with Crippen LogP contribution in [0.1, 0.15) is 30.5 Å². The molecule has 6 nitrogen and oxygen atoms in total. The molecule has 0 saturated carbocycles. The highest BCUT2D eigenvalue weighted by atomic mass is 31.2. The van der Waals surface area contributed by atoms with Gasteiger partial charge in [-0.2, -0.15) is 0 Å². The number of halogens is 1. The standard InChI is InChI=1S/C26H28FN4O2P/c1-4-34(32,5-2)25-24-20(18-8-6-17(3)7-9-18)14-28-26(31(24)16-30-25)29-15-21-19-12-13-33-23(19)11-10-22(21)27/h6-11,14,16H,4-5,12-13,15H2,1-3H3,(H,28,29). The predicted octanol–water partition coefficient (Wildman–Crippen LogP) is 5.42. The monoisotopic (exact) mass is 478 g/mol. The molecule has 2 aromatic carbocycles. The number of nitrogens with zero attached hydrogens (tertiary/aromatic N) is 3. The second-order valence-corrected chi connectivity index (χ2v) is 12.1. The van der Waals surface area contributed by atoms with Crippen molar-refractivity contribution in [2.45, 2.75) is 33.7 Å². The van der Waals surface area contributed by atoms with E-state index < -0.39 is 7.14 Å². The number of rotatable bonds is 7. The first-order valence-electron chi connectivity index (χ1n) is 11.6. The first-order chi connectivity index (χ1) is 16.4. The van der Waals surface area contributed by atoms with Gasteiger partial charge in [-0.15, -0.1) is 0 Å². The molecule has 0 radical (unpaired) electrons. The Bertz CT molecular complexity index is 1410. The number of aryl methyl sites for hydroxylation is 1. The fourth-order valence-electron chi connectivity index (χ4n) is 4.57. The average Bonchev–Trinajstić information content (AvgIpc) is 3.52. The molecule has 0 aliphatic carbocycles. The Morgan fingerprint density at radius 2 is 1.88 bits per heavy atom. The SMILES string of the molecule is CCP(=O)(CC)c1ncn2c(NCc3c(F)ccc4c3CCO4)ncc(-c3ccc(C)cc3)c12. The molecule has 0 spiro atoms. The van der Waals surface area contributed by atoms with E-state index in [0.29, 0.717) is 42.3 Å². The van der Waals surface area contributed by atoms with Crippen LogP contribution in [0.4, 0.5) is 10.3 Å². The second-order valence-electron chi connectivity index (χ2n) is 8.62. The minimum absolute atomic E-state index is 0.261. The number of imidazole rings is 1. The van der Waals surface area contributed by atoms with Crippen molar-refractivity contribution in [1.82, 2.24) is 14.4 Å². The van der Waals surface area contributed by atoms with Gasteiger partial charge in [-0.1, -0.05) is 43.7 Å². The Morgan fingerprint density at radius 1 is 1.12 bits per heavy atom. The summed E-state index contributed by atoms with van der Waals surface area (Å²) >= 11 is 0. The van der Waals surface area contributed by atoms with Crippen molar-refractivity contribution in [1.29, 1.82) is 0 Å². The van der Waals surface area contributed by atoms with E-state index in [1.165, 1.54) is 6.07 Å². The molecule has 3 heterocycles. The minimum Gasteiger partial charge on any atom is -0.493 e. The number of anilines is 1. The van der Waals surface area contributed by atoms with E-state index in [2.05, 4.69) is 15.3 Å². The van der Waals surface area contributed by atoms with Crippen molar-refractivity contribution >= 4 is 24.0 Å². The van der Waals surface area contributed by atoms with Crippen molar-refractivity contribution in [3.63, 3.8) is 0 Å². The van der Waals surface area contributed by atoms with Crippen LogP contribution >= 0.6 is 7.14 Å². The van der Waals surface area contributed by atoms with Crippen LogP contribution in [0.2, 0.25) is 0 Å². The van der Waals surface area contributed by atoms with Crippen molar-refractivity contribution in [3.05, 3.63) is 71.4 Å². The van der Waals surface area contributed by atoms with Gasteiger partial charge in [0.1, 0.15) is 30.5 Å². The quantitative estimate of drug-likeness (QED) is 0.359. The molecular formula is C26H28FN4O2P. The van der Waals surface area contributed by atoms with Gasteiger partial charge in [0.15, 0.2) is 0 Å². The van der Waals surface area contributed by atoms with E-state index in [1.54, 1.807) is 18.6 Å². The number of fused-ring (bicyclic) bond motifs is 2. The summed E-state index contributed by atoms with van der Waals surface area (Å²) in [5.74, 6) is 0.999. The number of nitrogens with one attached hydrogen (secondary N) is 1. The van der Waals surface area contributed by atoms with E-state index in [-0.39, 0.29) is 12.4 Å². The van der Waals surface area contributed by atoms with Crippen LogP contribution in [0.3, 0.4) is 0 Å². The van der Waals surface area contributed by atoms with Crippen molar-refractivity contribution in [2.75, 3.05) is 24.2 Å². The maximum atomic E-state index is 14.7. The van der Waals surface area contributed by atoms with E-state index >= 15 is 0 Å². The molecule has 0 amide bonds. The Balaban J connectivity index is 1.62. The molecule has 176 valence electrons. The number of benzene rings is 2. The Labute approximate surface area is 198 Å². The lowest BCUT2D eigenvalue weighted by Gasteiger charge is -2.16. The van der Waals surface area contributed by atoms with Crippen molar-refractivity contribution in [2.24, 2.45) is 0 Å². The molecule has 8 heteroatoms. The highest BCUT2D eigenvalue weighted by molar-refractivity contribution is 7.71. The summed E-state index contributed by atoms with van der Waals surface area (Å²) in [6.45, 7) is 6.76. The minimum atomic E-state index is -2.67. The van der Waals surface area contributed by atoms with Crippen LogP contribution < -0.4 is 15.5 Å². The van der Waals surface area contributed by atoms with Gasteiger partial charge in [0.2, 0.25) is 5.95 Å². The van der Waals surface area contributed by atoms with Crippen LogP contribution in [0.15, 0.2) is 48.9 Å². The van der Waals surface area contributed by atoms with E-state index in [4.69, 9.17) is 4.74 Å². The fraction of sp³-hybridized carbons (Fsp3) is 0.308. The summed E-state index contributed by atoms with van der Waals surface area (Å²) in [5.41, 5.74) is 5.91. The van der Waals surface area contributed by atoms with Crippen molar-refractivity contribution < 1.29 is 13.7 Å². The maximum absolute atomic E-state index is 14.7. The van der Waals surface area contributed by atoms with Crippen molar-refractivity contribution in [3.8, 4) is 16.9 Å². The molecule has 0 saturated heterocycles. The Kier molecular flexibility index (Phi) is 5.90. The molecule has 1 aliphatic rings. The molecule has 4 aromatic rings. The zero-order chi connectivity index (χ0) is 23.9. The third kappa shape index (κ3) is 3.78. The predicted molar refractivity (Wildman–Crippen MR) is 134 cm³/mol. The van der Waals surface area contributed by atoms with Gasteiger partial charge >= 0.3 is 0 Å². The lowest BCUT2D eigenvalue weighted by molar-refractivity contribution is 0.356. The van der Waals surface area contributed by atoms with E-state index in [0.717, 1.165) is 33.5 Å². The fourth-order valence-corrected chi connectivity index (χ4v) is 6.49. The summed E-state index contributed by atoms with van der Waals surface area (Å²) in [5, 5.41) is 3.29. The van der Waals surface area contributed by atoms with Gasteiger partial charge in [-0.05, 0) is 24.6 Å². The third-order valence-electron chi connectivity index (χ3n) is 6.68. The number of hydrogen-bond donors (Lipinski definition) is 1. The third-order valence-corrected chi connectivity index (χ3v) is 9.82. The van der Waals surface area contributed by atoms with Crippen LogP contribution in [-0.4, -0.2) is 33.3 Å². The van der Waals surface area contributed by atoms with E-state index in [9.17, 15) is 8.96 Å². The first-order valence-corrected chi connectivity index (χ1v) is 13.7. The Morgan fingerprint density at radius 3 is 2.62 bits per heavy atom. The zero-order valence-electron chi connectivity index (χ0n) is 19.6. The second kappa shape index (κ2) is 8.88. The maximum Gasteiger partial charge on any atom is 0.209 e. The summed E-state index contributed by atoms with van der Waals surface area (Å²) in [6, 6.07) is 11.3. The normalized spacial score (nSPS) is 13.2. The van der Waals surface area contributed by atoms with E-state index in [1.807, 2.05) is 49.4 Å². The highest BCUT2D eigenvalue weighted by Gasteiger charge is 2.28. The highest BCUT2D eigenvalue weighted by Crippen LogP contribution is 2.45. The number of ether oxygens (including phenoxy) is 1. The Hall–Kier alpha value is -3.18. The largest absolute Gasteiger partial charge is 0.493 e. The lowest BCUT2D eigenvalue weighted by Crippen LogP contribution is -2.14. The topological polar surface area (TPSA) is 68.5 Å². The van der Waals surface area contributed by atoms with Gasteiger partial charge in [0, 0.05) is 48.2 Å². The number of hydrogen-bond acceptors (Lipinski definition) is 5. The van der Waals surface area contributed by atoms with Gasteiger partial charge in [-0.3, -0.25) is 4.40 Å².